The van der Waals surface area contributed by atoms with Crippen LogP contribution in [0.1, 0.15) is 19.3 Å². The van der Waals surface area contributed by atoms with Crippen LogP contribution in [-0.2, 0) is 0 Å². The Bertz CT molecular complexity index is 320. The summed E-state index contributed by atoms with van der Waals surface area (Å²) in [4.78, 5) is 0. The molecule has 0 aromatic rings. The van der Waals surface area contributed by atoms with Crippen LogP contribution in [0.5, 0.6) is 0 Å². The summed E-state index contributed by atoms with van der Waals surface area (Å²) < 4.78 is 38.2. The molecule has 15 heavy (non-hydrogen) atoms. The Labute approximate surface area is 87.2 Å². The predicted octanol–water partition coefficient (Wildman–Crippen LogP) is 4.02. The minimum Gasteiger partial charge on any atom is -0.170 e. The van der Waals surface area contributed by atoms with Crippen LogP contribution in [0.15, 0.2) is 36.0 Å². The van der Waals surface area contributed by atoms with E-state index in [2.05, 4.69) is 0 Å². The summed E-state index contributed by atoms with van der Waals surface area (Å²) in [5.41, 5.74) is 0.541. The van der Waals surface area contributed by atoms with Gasteiger partial charge >= 0.3 is 6.18 Å². The molecule has 0 aromatic carbocycles. The van der Waals surface area contributed by atoms with E-state index in [9.17, 15) is 13.2 Å². The van der Waals surface area contributed by atoms with Crippen molar-refractivity contribution in [3.63, 3.8) is 0 Å². The molecule has 2 aliphatic rings. The molecule has 0 heterocycles. The molecule has 0 saturated carbocycles. The van der Waals surface area contributed by atoms with E-state index in [0.717, 1.165) is 12.8 Å². The highest BCUT2D eigenvalue weighted by atomic mass is 19.4. The summed E-state index contributed by atoms with van der Waals surface area (Å²) in [5.74, 6) is -1.27. The van der Waals surface area contributed by atoms with Crippen LogP contribution >= 0.6 is 0 Å². The quantitative estimate of drug-likeness (QED) is 0.578. The maximum absolute atomic E-state index is 12.7. The minimum absolute atomic E-state index is 0.00146. The lowest BCUT2D eigenvalue weighted by Crippen LogP contribution is -2.28. The number of halogens is 3. The SMILES string of the molecule is FC(F)(F)C1CC=CC=C1C1C=CCC1. The Kier molecular flexibility index (Phi) is 2.72. The first-order valence-corrected chi connectivity index (χ1v) is 5.19. The van der Waals surface area contributed by atoms with E-state index in [1.54, 1.807) is 18.2 Å². The topological polar surface area (TPSA) is 0 Å². The Balaban J connectivity index is 2.22. The fraction of sp³-hybridized carbons (Fsp3) is 0.500. The molecule has 2 atom stereocenters. The van der Waals surface area contributed by atoms with Gasteiger partial charge in [-0.2, -0.15) is 13.2 Å². The molecule has 2 unspecified atom stereocenters. The monoisotopic (exact) mass is 214 g/mol. The van der Waals surface area contributed by atoms with Crippen molar-refractivity contribution >= 4 is 0 Å². The van der Waals surface area contributed by atoms with Gasteiger partial charge in [-0.15, -0.1) is 0 Å². The second-order valence-electron chi connectivity index (χ2n) is 4.04. The fourth-order valence-corrected chi connectivity index (χ4v) is 2.26. The van der Waals surface area contributed by atoms with E-state index in [0.29, 0.717) is 5.57 Å². The first-order valence-electron chi connectivity index (χ1n) is 5.19. The average Bonchev–Trinajstić information content (AvgIpc) is 2.69. The number of rotatable bonds is 1. The molecule has 0 spiro atoms. The molecule has 2 rings (SSSR count). The number of hydrogen-bond donors (Lipinski definition) is 0. The van der Waals surface area contributed by atoms with Crippen LogP contribution in [0.3, 0.4) is 0 Å². The van der Waals surface area contributed by atoms with Crippen LogP contribution < -0.4 is 0 Å². The lowest BCUT2D eigenvalue weighted by Gasteiger charge is -2.27. The Hall–Kier alpha value is -0.990. The summed E-state index contributed by atoms with van der Waals surface area (Å²) in [6.07, 6.45) is 6.57. The lowest BCUT2D eigenvalue weighted by atomic mass is 9.82. The van der Waals surface area contributed by atoms with Crippen LogP contribution in [-0.4, -0.2) is 6.18 Å². The van der Waals surface area contributed by atoms with Gasteiger partial charge in [0.15, 0.2) is 0 Å². The van der Waals surface area contributed by atoms with Gasteiger partial charge in [0.1, 0.15) is 0 Å². The maximum atomic E-state index is 12.7. The van der Waals surface area contributed by atoms with E-state index in [1.807, 2.05) is 12.2 Å². The smallest absolute Gasteiger partial charge is 0.170 e. The zero-order valence-electron chi connectivity index (χ0n) is 8.30. The van der Waals surface area contributed by atoms with Crippen molar-refractivity contribution in [1.29, 1.82) is 0 Å². The summed E-state index contributed by atoms with van der Waals surface area (Å²) in [6, 6.07) is 0. The van der Waals surface area contributed by atoms with Crippen molar-refractivity contribution in [2.24, 2.45) is 11.8 Å². The summed E-state index contributed by atoms with van der Waals surface area (Å²) >= 11 is 0. The zero-order valence-corrected chi connectivity index (χ0v) is 8.30. The van der Waals surface area contributed by atoms with Crippen molar-refractivity contribution in [2.75, 3.05) is 0 Å². The van der Waals surface area contributed by atoms with E-state index in [-0.39, 0.29) is 12.3 Å². The molecule has 82 valence electrons. The normalized spacial score (nSPS) is 30.7. The number of hydrogen-bond acceptors (Lipinski definition) is 0. The fourth-order valence-electron chi connectivity index (χ4n) is 2.26. The summed E-state index contributed by atoms with van der Waals surface area (Å²) in [5, 5.41) is 0. The molecule has 0 aliphatic heterocycles. The van der Waals surface area contributed by atoms with E-state index in [4.69, 9.17) is 0 Å². The van der Waals surface area contributed by atoms with Gasteiger partial charge < -0.3 is 0 Å². The Morgan fingerprint density at radius 3 is 2.60 bits per heavy atom. The highest BCUT2D eigenvalue weighted by Gasteiger charge is 2.43. The van der Waals surface area contributed by atoms with Crippen molar-refractivity contribution in [3.8, 4) is 0 Å². The van der Waals surface area contributed by atoms with Gasteiger partial charge in [-0.3, -0.25) is 0 Å². The second kappa shape index (κ2) is 3.87. The third kappa shape index (κ3) is 2.16. The number of allylic oxidation sites excluding steroid dienone is 6. The highest BCUT2D eigenvalue weighted by Crippen LogP contribution is 2.42. The summed E-state index contributed by atoms with van der Waals surface area (Å²) in [6.45, 7) is 0. The van der Waals surface area contributed by atoms with Gasteiger partial charge in [-0.1, -0.05) is 36.0 Å². The minimum atomic E-state index is -4.10. The standard InChI is InChI=1S/C12H13F3/c13-12(14,15)11-8-4-3-7-10(11)9-5-1-2-6-9/h1,3-5,7,9,11H,2,6,8H2. The molecule has 0 radical (unpaired) electrons. The van der Waals surface area contributed by atoms with Crippen molar-refractivity contribution in [2.45, 2.75) is 25.4 Å². The Morgan fingerprint density at radius 1 is 1.20 bits per heavy atom. The molecule has 0 N–H and O–H groups in total. The third-order valence-electron chi connectivity index (χ3n) is 3.03. The first-order chi connectivity index (χ1) is 7.09. The molecule has 0 aromatic heterocycles. The van der Waals surface area contributed by atoms with Crippen LogP contribution in [0, 0.1) is 11.8 Å². The molecule has 0 amide bonds. The molecule has 3 heteroatoms. The molecule has 0 saturated heterocycles. The van der Waals surface area contributed by atoms with Gasteiger partial charge in [-0.05, 0) is 25.2 Å². The summed E-state index contributed by atoms with van der Waals surface area (Å²) in [7, 11) is 0. The van der Waals surface area contributed by atoms with Crippen LogP contribution in [0.2, 0.25) is 0 Å². The maximum Gasteiger partial charge on any atom is 0.395 e. The molecular formula is C12H13F3. The molecule has 0 fully saturated rings. The lowest BCUT2D eigenvalue weighted by molar-refractivity contribution is -0.164. The average molecular weight is 214 g/mol. The van der Waals surface area contributed by atoms with E-state index < -0.39 is 12.1 Å². The van der Waals surface area contributed by atoms with E-state index >= 15 is 0 Å². The van der Waals surface area contributed by atoms with Crippen molar-refractivity contribution < 1.29 is 13.2 Å². The van der Waals surface area contributed by atoms with Crippen LogP contribution in [0.4, 0.5) is 13.2 Å². The second-order valence-corrected chi connectivity index (χ2v) is 4.04. The van der Waals surface area contributed by atoms with Gasteiger partial charge in [-0.25, -0.2) is 0 Å². The van der Waals surface area contributed by atoms with Gasteiger partial charge in [0.2, 0.25) is 0 Å². The molecule has 0 bridgehead atoms. The highest BCUT2D eigenvalue weighted by molar-refractivity contribution is 5.28. The van der Waals surface area contributed by atoms with Crippen LogP contribution in [0.25, 0.3) is 0 Å². The van der Waals surface area contributed by atoms with E-state index in [1.165, 1.54) is 0 Å². The zero-order chi connectivity index (χ0) is 10.9. The largest absolute Gasteiger partial charge is 0.395 e. The first kappa shape index (κ1) is 10.5. The third-order valence-corrected chi connectivity index (χ3v) is 3.03. The Morgan fingerprint density at radius 2 is 2.00 bits per heavy atom. The molecular weight excluding hydrogens is 201 g/mol. The van der Waals surface area contributed by atoms with Gasteiger partial charge in [0.25, 0.3) is 0 Å². The van der Waals surface area contributed by atoms with Gasteiger partial charge in [0, 0.05) is 0 Å². The van der Waals surface area contributed by atoms with Gasteiger partial charge in [0.05, 0.1) is 5.92 Å². The molecule has 0 nitrogen and oxygen atoms in total. The predicted molar refractivity (Wildman–Crippen MR) is 53.2 cm³/mol. The van der Waals surface area contributed by atoms with Crippen molar-refractivity contribution in [3.05, 3.63) is 36.0 Å². The number of alkyl halides is 3. The molecule has 2 aliphatic carbocycles. The van der Waals surface area contributed by atoms with Crippen molar-refractivity contribution in [1.82, 2.24) is 0 Å².